The first-order valence-electron chi connectivity index (χ1n) is 19.0. The first-order chi connectivity index (χ1) is 27.7. The third-order valence-corrected chi connectivity index (χ3v) is 11.1. The van der Waals surface area contributed by atoms with Gasteiger partial charge in [0.1, 0.15) is 0 Å². The maximum Gasteiger partial charge on any atom is 0.160 e. The number of aromatic nitrogens is 3. The zero-order valence-electron chi connectivity index (χ0n) is 30.4. The smallest absolute Gasteiger partial charge is 0.160 e. The molecule has 0 spiro atoms. The van der Waals surface area contributed by atoms with Crippen LogP contribution in [-0.4, -0.2) is 15.0 Å². The van der Waals surface area contributed by atoms with Crippen molar-refractivity contribution in [2.75, 3.05) is 0 Å². The van der Waals surface area contributed by atoms with Gasteiger partial charge in [0.2, 0.25) is 0 Å². The molecule has 11 aromatic rings. The molecule has 3 heteroatoms. The summed E-state index contributed by atoms with van der Waals surface area (Å²) in [7, 11) is 0. The fourth-order valence-corrected chi connectivity index (χ4v) is 8.42. The fourth-order valence-electron chi connectivity index (χ4n) is 8.42. The predicted octanol–water partition coefficient (Wildman–Crippen LogP) is 14.0. The van der Waals surface area contributed by atoms with E-state index in [2.05, 4.69) is 187 Å². The first-order valence-corrected chi connectivity index (χ1v) is 19.0. The lowest BCUT2D eigenvalue weighted by molar-refractivity contribution is 1.18. The Kier molecular flexibility index (Phi) is 7.49. The largest absolute Gasteiger partial charge is 0.264 e. The Bertz CT molecular complexity index is 3260. The van der Waals surface area contributed by atoms with Gasteiger partial charge in [-0.25, -0.2) is 9.97 Å². The Labute approximate surface area is 324 Å². The van der Waals surface area contributed by atoms with Crippen molar-refractivity contribution in [1.82, 2.24) is 15.0 Å². The summed E-state index contributed by atoms with van der Waals surface area (Å²) in [4.78, 5) is 15.0. The molecule has 3 nitrogen and oxygen atoms in total. The van der Waals surface area contributed by atoms with Crippen LogP contribution in [0.3, 0.4) is 0 Å². The van der Waals surface area contributed by atoms with E-state index < -0.39 is 0 Å². The summed E-state index contributed by atoms with van der Waals surface area (Å²) in [6, 6.07) is 67.3. The molecule has 260 valence electrons. The summed E-state index contributed by atoms with van der Waals surface area (Å²) >= 11 is 0. The minimum Gasteiger partial charge on any atom is -0.264 e. The molecular formula is C53H33N3. The van der Waals surface area contributed by atoms with Crippen molar-refractivity contribution in [3.8, 4) is 56.2 Å². The zero-order chi connectivity index (χ0) is 37.0. The summed E-state index contributed by atoms with van der Waals surface area (Å²) in [6.45, 7) is 0. The van der Waals surface area contributed by atoms with Crippen LogP contribution >= 0.6 is 0 Å². The van der Waals surface area contributed by atoms with E-state index in [0.29, 0.717) is 5.82 Å². The first kappa shape index (κ1) is 32.0. The molecule has 0 atom stereocenters. The lowest BCUT2D eigenvalue weighted by Crippen LogP contribution is -1.96. The Hall–Kier alpha value is -7.49. The molecule has 0 radical (unpaired) electrons. The van der Waals surface area contributed by atoms with E-state index in [1.54, 1.807) is 6.20 Å². The summed E-state index contributed by atoms with van der Waals surface area (Å²) in [5.41, 5.74) is 9.31. The third kappa shape index (κ3) is 5.40. The second-order valence-electron chi connectivity index (χ2n) is 14.4. The molecule has 0 bridgehead atoms. The molecule has 0 aliphatic heterocycles. The van der Waals surface area contributed by atoms with Gasteiger partial charge >= 0.3 is 0 Å². The van der Waals surface area contributed by atoms with Gasteiger partial charge in [-0.05, 0) is 101 Å². The van der Waals surface area contributed by atoms with Gasteiger partial charge in [-0.15, -0.1) is 0 Å². The van der Waals surface area contributed by atoms with Crippen LogP contribution in [0.4, 0.5) is 0 Å². The van der Waals surface area contributed by atoms with Gasteiger partial charge in [0.15, 0.2) is 5.82 Å². The molecule has 0 aliphatic carbocycles. The van der Waals surface area contributed by atoms with Crippen LogP contribution in [0.1, 0.15) is 0 Å². The van der Waals surface area contributed by atoms with Crippen LogP contribution in [0.15, 0.2) is 200 Å². The van der Waals surface area contributed by atoms with Gasteiger partial charge in [0.25, 0.3) is 0 Å². The molecule has 0 fully saturated rings. The second kappa shape index (κ2) is 13.1. The van der Waals surface area contributed by atoms with Crippen molar-refractivity contribution in [2.24, 2.45) is 0 Å². The Morgan fingerprint density at radius 2 is 0.821 bits per heavy atom. The van der Waals surface area contributed by atoms with Crippen molar-refractivity contribution in [3.63, 3.8) is 0 Å². The van der Waals surface area contributed by atoms with E-state index in [9.17, 15) is 0 Å². The average Bonchev–Trinajstić information content (AvgIpc) is 3.29. The Morgan fingerprint density at radius 1 is 0.286 bits per heavy atom. The highest BCUT2D eigenvalue weighted by Crippen LogP contribution is 2.39. The number of rotatable bonds is 5. The SMILES string of the molecule is c1cncc(-c2cccc(-c3cc(-c4ccc(-c5cc6ccccc6c6ccccc56)cc4)nc(-c4ccc5c6ccccc6c6ccccc6c5c4)n3)c2)c1. The third-order valence-electron chi connectivity index (χ3n) is 11.1. The number of hydrogen-bond acceptors (Lipinski definition) is 3. The number of nitrogens with zero attached hydrogens (tertiary/aromatic N) is 3. The van der Waals surface area contributed by atoms with E-state index in [1.165, 1.54) is 65.0 Å². The maximum atomic E-state index is 5.30. The predicted molar refractivity (Wildman–Crippen MR) is 235 cm³/mol. The van der Waals surface area contributed by atoms with Crippen LogP contribution in [0, 0.1) is 0 Å². The van der Waals surface area contributed by atoms with E-state index in [4.69, 9.17) is 9.97 Å². The summed E-state index contributed by atoms with van der Waals surface area (Å²) < 4.78 is 0. The molecule has 0 saturated carbocycles. The van der Waals surface area contributed by atoms with Gasteiger partial charge in [0.05, 0.1) is 11.4 Å². The molecule has 0 N–H and O–H groups in total. The molecule has 11 rings (SSSR count). The molecule has 0 saturated heterocycles. The van der Waals surface area contributed by atoms with Gasteiger partial charge in [0, 0.05) is 34.6 Å². The van der Waals surface area contributed by atoms with Crippen molar-refractivity contribution in [2.45, 2.75) is 0 Å². The quantitative estimate of drug-likeness (QED) is 0.167. The van der Waals surface area contributed by atoms with E-state index in [0.717, 1.165) is 39.2 Å². The molecule has 0 amide bonds. The lowest BCUT2D eigenvalue weighted by Gasteiger charge is -2.14. The summed E-state index contributed by atoms with van der Waals surface area (Å²) in [5.74, 6) is 0.688. The minimum absolute atomic E-state index is 0.688. The molecule has 0 unspecified atom stereocenters. The zero-order valence-corrected chi connectivity index (χ0v) is 30.4. The molecule has 56 heavy (non-hydrogen) atoms. The molecule has 0 aliphatic rings. The van der Waals surface area contributed by atoms with Crippen molar-refractivity contribution in [3.05, 3.63) is 200 Å². The molecule has 2 aromatic heterocycles. The normalized spacial score (nSPS) is 11.6. The van der Waals surface area contributed by atoms with Gasteiger partial charge in [-0.3, -0.25) is 4.98 Å². The van der Waals surface area contributed by atoms with Gasteiger partial charge in [-0.2, -0.15) is 0 Å². The highest BCUT2D eigenvalue weighted by molar-refractivity contribution is 6.25. The maximum absolute atomic E-state index is 5.30. The summed E-state index contributed by atoms with van der Waals surface area (Å²) in [5, 5.41) is 12.4. The number of benzene rings is 9. The van der Waals surface area contributed by atoms with Crippen molar-refractivity contribution < 1.29 is 0 Å². The number of hydrogen-bond donors (Lipinski definition) is 0. The Morgan fingerprint density at radius 3 is 1.52 bits per heavy atom. The topological polar surface area (TPSA) is 38.7 Å². The molecular weight excluding hydrogens is 679 g/mol. The fraction of sp³-hybridized carbons (Fsp3) is 0. The van der Waals surface area contributed by atoms with E-state index >= 15 is 0 Å². The highest BCUT2D eigenvalue weighted by Gasteiger charge is 2.15. The number of pyridine rings is 1. The van der Waals surface area contributed by atoms with E-state index in [-0.39, 0.29) is 0 Å². The standard InChI is InChI=1S/C53H33N3/c1-2-15-41-37(11-1)30-49(46-20-7-3-16-42(41)46)34-22-24-35(25-23-34)51-32-52(38-13-9-12-36(29-38)40-14-10-28-54-33-40)56-53(55-51)39-26-27-48-45-19-5-4-17-43(45)44-18-6-8-21-47(44)50(48)31-39/h1-33H. The van der Waals surface area contributed by atoms with Gasteiger partial charge in [-0.1, -0.05) is 158 Å². The monoisotopic (exact) mass is 711 g/mol. The van der Waals surface area contributed by atoms with Gasteiger partial charge < -0.3 is 0 Å². The van der Waals surface area contributed by atoms with Crippen LogP contribution in [0.5, 0.6) is 0 Å². The van der Waals surface area contributed by atoms with Crippen LogP contribution in [0.2, 0.25) is 0 Å². The minimum atomic E-state index is 0.688. The average molecular weight is 712 g/mol. The lowest BCUT2D eigenvalue weighted by atomic mass is 9.92. The van der Waals surface area contributed by atoms with Crippen LogP contribution in [0.25, 0.3) is 110 Å². The Balaban J connectivity index is 1.08. The summed E-state index contributed by atoms with van der Waals surface area (Å²) in [6.07, 6.45) is 3.71. The molecule has 9 aromatic carbocycles. The van der Waals surface area contributed by atoms with Crippen molar-refractivity contribution in [1.29, 1.82) is 0 Å². The van der Waals surface area contributed by atoms with E-state index in [1.807, 2.05) is 12.3 Å². The number of fused-ring (bicyclic) bond motifs is 9. The van der Waals surface area contributed by atoms with Crippen LogP contribution in [-0.2, 0) is 0 Å². The van der Waals surface area contributed by atoms with Crippen molar-refractivity contribution >= 4 is 53.9 Å². The van der Waals surface area contributed by atoms with Crippen LogP contribution < -0.4 is 0 Å². The highest BCUT2D eigenvalue weighted by atomic mass is 14.9. The molecule has 2 heterocycles. The second-order valence-corrected chi connectivity index (χ2v) is 14.4.